The first-order valence-electron chi connectivity index (χ1n) is 5.30. The van der Waals surface area contributed by atoms with Crippen molar-refractivity contribution in [2.45, 2.75) is 32.7 Å². The average Bonchev–Trinajstić information content (AvgIpc) is 2.19. The van der Waals surface area contributed by atoms with Crippen LogP contribution in [0.3, 0.4) is 0 Å². The number of nitrogens with two attached hydrogens (primary N) is 1. The average molecular weight is 274 g/mol. The molecule has 0 aliphatic heterocycles. The Bertz CT molecular complexity index is 323. The molecule has 0 saturated carbocycles. The minimum atomic E-state index is -0.234. The van der Waals surface area contributed by atoms with Gasteiger partial charge in [-0.1, -0.05) is 48.7 Å². The largest absolute Gasteiger partial charge is 0.324 e. The molecule has 15 heavy (non-hydrogen) atoms. The maximum atomic E-state index is 12.9. The van der Waals surface area contributed by atoms with Crippen LogP contribution in [0.2, 0.25) is 0 Å². The van der Waals surface area contributed by atoms with Gasteiger partial charge < -0.3 is 5.73 Å². The van der Waals surface area contributed by atoms with Crippen molar-refractivity contribution >= 4 is 15.9 Å². The fourth-order valence-electron chi connectivity index (χ4n) is 1.82. The molecule has 0 radical (unpaired) electrons. The molecule has 0 saturated heterocycles. The Morgan fingerprint density at radius 1 is 1.33 bits per heavy atom. The summed E-state index contributed by atoms with van der Waals surface area (Å²) in [5, 5.41) is 0. The minimum absolute atomic E-state index is 0.0185. The van der Waals surface area contributed by atoms with Gasteiger partial charge in [-0.05, 0) is 23.6 Å². The van der Waals surface area contributed by atoms with E-state index in [-0.39, 0.29) is 11.9 Å². The van der Waals surface area contributed by atoms with Gasteiger partial charge in [0.2, 0.25) is 0 Å². The quantitative estimate of drug-likeness (QED) is 0.881. The van der Waals surface area contributed by atoms with Crippen LogP contribution in [0.5, 0.6) is 0 Å². The molecule has 1 atom stereocenters. The molecule has 1 nitrogen and oxygen atoms in total. The molecule has 0 aliphatic carbocycles. The van der Waals surface area contributed by atoms with Gasteiger partial charge in [0.05, 0.1) is 0 Å². The molecule has 0 aliphatic rings. The fourth-order valence-corrected chi connectivity index (χ4v) is 2.44. The molecule has 1 rings (SSSR count). The lowest BCUT2D eigenvalue weighted by atomic mass is 9.90. The first-order valence-corrected chi connectivity index (χ1v) is 6.10. The molecule has 0 heterocycles. The summed E-state index contributed by atoms with van der Waals surface area (Å²) in [5.74, 6) is 0.217. The third-order valence-electron chi connectivity index (χ3n) is 2.88. The van der Waals surface area contributed by atoms with Crippen molar-refractivity contribution < 1.29 is 4.39 Å². The zero-order valence-electron chi connectivity index (χ0n) is 9.13. The monoisotopic (exact) mass is 273 g/mol. The van der Waals surface area contributed by atoms with Gasteiger partial charge in [-0.15, -0.1) is 0 Å². The highest BCUT2D eigenvalue weighted by atomic mass is 79.9. The summed E-state index contributed by atoms with van der Waals surface area (Å²) in [6.07, 6.45) is 2.09. The summed E-state index contributed by atoms with van der Waals surface area (Å²) < 4.78 is 13.7. The van der Waals surface area contributed by atoms with E-state index in [0.717, 1.165) is 22.9 Å². The van der Waals surface area contributed by atoms with Crippen LogP contribution >= 0.6 is 15.9 Å². The van der Waals surface area contributed by atoms with Gasteiger partial charge in [0.15, 0.2) is 0 Å². The fraction of sp³-hybridized carbons (Fsp3) is 0.500. The Hall–Kier alpha value is -0.410. The van der Waals surface area contributed by atoms with Gasteiger partial charge in [0.25, 0.3) is 0 Å². The van der Waals surface area contributed by atoms with Gasteiger partial charge >= 0.3 is 0 Å². The molecule has 0 spiro atoms. The zero-order valence-corrected chi connectivity index (χ0v) is 10.7. The molecular weight excluding hydrogens is 257 g/mol. The number of benzene rings is 1. The van der Waals surface area contributed by atoms with E-state index in [9.17, 15) is 4.39 Å². The van der Waals surface area contributed by atoms with E-state index < -0.39 is 0 Å². The van der Waals surface area contributed by atoms with Gasteiger partial charge in [0, 0.05) is 10.5 Å². The van der Waals surface area contributed by atoms with Crippen LogP contribution in [0, 0.1) is 11.7 Å². The minimum Gasteiger partial charge on any atom is -0.324 e. The second-order valence-electron chi connectivity index (χ2n) is 3.77. The summed E-state index contributed by atoms with van der Waals surface area (Å²) >= 11 is 3.35. The van der Waals surface area contributed by atoms with Crippen LogP contribution in [0.1, 0.15) is 38.3 Å². The van der Waals surface area contributed by atoms with E-state index in [2.05, 4.69) is 29.8 Å². The predicted molar refractivity (Wildman–Crippen MR) is 65.1 cm³/mol. The summed E-state index contributed by atoms with van der Waals surface area (Å²) in [4.78, 5) is 0. The van der Waals surface area contributed by atoms with Crippen LogP contribution in [0.15, 0.2) is 22.7 Å². The molecule has 1 aromatic rings. The number of halogens is 2. The van der Waals surface area contributed by atoms with Gasteiger partial charge in [-0.2, -0.15) is 0 Å². The molecule has 0 amide bonds. The Morgan fingerprint density at radius 2 is 1.93 bits per heavy atom. The molecule has 84 valence electrons. The summed E-state index contributed by atoms with van der Waals surface area (Å²) in [6.45, 7) is 4.26. The SMILES string of the molecule is CCC(CC)C(N)c1ccc(F)cc1Br. The van der Waals surface area contributed by atoms with E-state index in [4.69, 9.17) is 5.73 Å². The van der Waals surface area contributed by atoms with Gasteiger partial charge in [-0.3, -0.25) is 0 Å². The topological polar surface area (TPSA) is 26.0 Å². The van der Waals surface area contributed by atoms with Crippen molar-refractivity contribution in [3.63, 3.8) is 0 Å². The molecule has 2 N–H and O–H groups in total. The van der Waals surface area contributed by atoms with E-state index in [1.807, 2.05) is 0 Å². The van der Waals surface area contributed by atoms with Gasteiger partial charge in [-0.25, -0.2) is 4.39 Å². The first-order chi connectivity index (χ1) is 7.10. The first kappa shape index (κ1) is 12.7. The van der Waals surface area contributed by atoms with Crippen LogP contribution < -0.4 is 5.73 Å². The van der Waals surface area contributed by atoms with Crippen molar-refractivity contribution in [1.82, 2.24) is 0 Å². The Morgan fingerprint density at radius 3 is 2.40 bits per heavy atom. The Kier molecular flexibility index (Phi) is 4.74. The Balaban J connectivity index is 2.94. The highest BCUT2D eigenvalue weighted by Crippen LogP contribution is 2.30. The summed E-state index contributed by atoms with van der Waals surface area (Å²) in [7, 11) is 0. The number of rotatable bonds is 4. The standard InChI is InChI=1S/C12H17BrFN/c1-3-8(4-2)12(15)10-6-5-9(14)7-11(10)13/h5-8,12H,3-4,15H2,1-2H3. The third kappa shape index (κ3) is 3.02. The molecule has 1 aromatic carbocycles. The normalized spacial score (nSPS) is 13.2. The maximum Gasteiger partial charge on any atom is 0.124 e. The van der Waals surface area contributed by atoms with Crippen molar-refractivity contribution in [2.75, 3.05) is 0 Å². The van der Waals surface area contributed by atoms with Crippen molar-refractivity contribution in [3.05, 3.63) is 34.1 Å². The predicted octanol–water partition coefficient (Wildman–Crippen LogP) is 4.02. The highest BCUT2D eigenvalue weighted by molar-refractivity contribution is 9.10. The van der Waals surface area contributed by atoms with Crippen LogP contribution in [0.4, 0.5) is 4.39 Å². The van der Waals surface area contributed by atoms with Crippen molar-refractivity contribution in [3.8, 4) is 0 Å². The number of hydrogen-bond donors (Lipinski definition) is 1. The second kappa shape index (κ2) is 5.61. The van der Waals surface area contributed by atoms with Gasteiger partial charge in [0.1, 0.15) is 5.82 Å². The lowest BCUT2D eigenvalue weighted by Gasteiger charge is -2.22. The van der Waals surface area contributed by atoms with E-state index in [1.54, 1.807) is 6.07 Å². The van der Waals surface area contributed by atoms with Crippen LogP contribution in [-0.4, -0.2) is 0 Å². The lowest BCUT2D eigenvalue weighted by Crippen LogP contribution is -2.20. The maximum absolute atomic E-state index is 12.9. The van der Waals surface area contributed by atoms with E-state index in [0.29, 0.717) is 5.92 Å². The Labute approximate surface area is 99.0 Å². The molecule has 0 bridgehead atoms. The van der Waals surface area contributed by atoms with Crippen LogP contribution in [0.25, 0.3) is 0 Å². The highest BCUT2D eigenvalue weighted by Gasteiger charge is 2.18. The van der Waals surface area contributed by atoms with E-state index in [1.165, 1.54) is 12.1 Å². The van der Waals surface area contributed by atoms with Crippen molar-refractivity contribution in [1.29, 1.82) is 0 Å². The third-order valence-corrected chi connectivity index (χ3v) is 3.56. The molecule has 1 unspecified atom stereocenters. The molecule has 0 aromatic heterocycles. The summed E-state index contributed by atoms with van der Waals surface area (Å²) in [5.41, 5.74) is 7.15. The van der Waals surface area contributed by atoms with E-state index >= 15 is 0 Å². The summed E-state index contributed by atoms with van der Waals surface area (Å²) in [6, 6.07) is 4.68. The van der Waals surface area contributed by atoms with Crippen molar-refractivity contribution in [2.24, 2.45) is 11.7 Å². The zero-order chi connectivity index (χ0) is 11.4. The molecular formula is C12H17BrFN. The smallest absolute Gasteiger partial charge is 0.124 e. The lowest BCUT2D eigenvalue weighted by molar-refractivity contribution is 0.404. The molecule has 3 heteroatoms. The van der Waals surface area contributed by atoms with Crippen LogP contribution in [-0.2, 0) is 0 Å². The number of hydrogen-bond acceptors (Lipinski definition) is 1. The molecule has 0 fully saturated rings. The second-order valence-corrected chi connectivity index (χ2v) is 4.62.